The number of ether oxygens (including phenoxy) is 2. The van der Waals surface area contributed by atoms with Crippen molar-refractivity contribution in [2.24, 2.45) is 0 Å². The van der Waals surface area contributed by atoms with Crippen LogP contribution in [0, 0.1) is 0 Å². The fraction of sp³-hybridized carbons (Fsp3) is 0.267. The summed E-state index contributed by atoms with van der Waals surface area (Å²) >= 11 is 3.15. The van der Waals surface area contributed by atoms with Crippen molar-refractivity contribution in [3.63, 3.8) is 0 Å². The van der Waals surface area contributed by atoms with E-state index >= 15 is 0 Å². The molecule has 0 fully saturated rings. The van der Waals surface area contributed by atoms with Crippen LogP contribution in [0.5, 0.6) is 11.5 Å². The van der Waals surface area contributed by atoms with Crippen molar-refractivity contribution < 1.29 is 18.7 Å². The van der Waals surface area contributed by atoms with Gasteiger partial charge < -0.3 is 19.2 Å². The maximum Gasteiger partial charge on any atom is 0.287 e. The molecule has 0 aliphatic rings. The molecule has 0 saturated heterocycles. The zero-order valence-electron chi connectivity index (χ0n) is 11.6. The Morgan fingerprint density at radius 3 is 2.38 bits per heavy atom. The molecule has 2 rings (SSSR count). The van der Waals surface area contributed by atoms with Crippen LogP contribution in [0.15, 0.2) is 45.5 Å². The Balaban J connectivity index is 1.70. The first-order chi connectivity index (χ1) is 10.2. The van der Waals surface area contributed by atoms with E-state index in [1.54, 1.807) is 12.1 Å². The van der Waals surface area contributed by atoms with Crippen molar-refractivity contribution in [1.29, 1.82) is 0 Å². The van der Waals surface area contributed by atoms with Crippen LogP contribution in [0.4, 0.5) is 0 Å². The zero-order chi connectivity index (χ0) is 15.1. The molecule has 6 heteroatoms. The average Bonchev–Trinajstić information content (AvgIpc) is 2.92. The van der Waals surface area contributed by atoms with Crippen LogP contribution in [-0.2, 0) is 0 Å². The predicted molar refractivity (Wildman–Crippen MR) is 81.8 cm³/mol. The summed E-state index contributed by atoms with van der Waals surface area (Å²) in [7, 11) is 0. The van der Waals surface area contributed by atoms with E-state index in [0.29, 0.717) is 24.4 Å². The highest BCUT2D eigenvalue weighted by molar-refractivity contribution is 9.10. The van der Waals surface area contributed by atoms with Gasteiger partial charge in [-0.3, -0.25) is 4.79 Å². The predicted octanol–water partition coefficient (Wildman–Crippen LogP) is 3.25. The van der Waals surface area contributed by atoms with Gasteiger partial charge in [0.15, 0.2) is 10.4 Å². The number of amides is 1. The molecule has 5 nitrogen and oxygen atoms in total. The van der Waals surface area contributed by atoms with Gasteiger partial charge in [0.1, 0.15) is 18.1 Å². The highest BCUT2D eigenvalue weighted by atomic mass is 79.9. The molecule has 0 aliphatic carbocycles. The summed E-state index contributed by atoms with van der Waals surface area (Å²) in [6.07, 6.45) is 0. The van der Waals surface area contributed by atoms with Gasteiger partial charge in [0.05, 0.1) is 13.2 Å². The second kappa shape index (κ2) is 7.73. The fourth-order valence-electron chi connectivity index (χ4n) is 1.66. The molecule has 0 saturated carbocycles. The number of halogens is 1. The minimum atomic E-state index is -0.268. The van der Waals surface area contributed by atoms with Crippen LogP contribution in [-0.4, -0.2) is 25.7 Å². The molecule has 1 N–H and O–H groups in total. The molecule has 2 aromatic rings. The monoisotopic (exact) mass is 353 g/mol. The van der Waals surface area contributed by atoms with E-state index in [4.69, 9.17) is 13.9 Å². The van der Waals surface area contributed by atoms with Crippen molar-refractivity contribution in [1.82, 2.24) is 5.32 Å². The van der Waals surface area contributed by atoms with Gasteiger partial charge in [-0.2, -0.15) is 0 Å². The van der Waals surface area contributed by atoms with Gasteiger partial charge in [0, 0.05) is 0 Å². The Hall–Kier alpha value is -1.95. The van der Waals surface area contributed by atoms with E-state index in [1.807, 2.05) is 31.2 Å². The Labute approximate surface area is 131 Å². The first-order valence-electron chi connectivity index (χ1n) is 6.58. The van der Waals surface area contributed by atoms with Gasteiger partial charge in [-0.05, 0) is 59.3 Å². The van der Waals surface area contributed by atoms with Crippen LogP contribution in [0.25, 0.3) is 0 Å². The highest BCUT2D eigenvalue weighted by Gasteiger charge is 2.09. The molecule has 21 heavy (non-hydrogen) atoms. The first kappa shape index (κ1) is 15.4. The van der Waals surface area contributed by atoms with E-state index in [0.717, 1.165) is 11.5 Å². The maximum absolute atomic E-state index is 11.7. The molecule has 1 aromatic heterocycles. The minimum Gasteiger partial charge on any atom is -0.494 e. The lowest BCUT2D eigenvalue weighted by atomic mass is 10.3. The first-order valence-corrected chi connectivity index (χ1v) is 7.37. The van der Waals surface area contributed by atoms with E-state index < -0.39 is 0 Å². The van der Waals surface area contributed by atoms with Crippen LogP contribution in [0.1, 0.15) is 17.5 Å². The lowest BCUT2D eigenvalue weighted by Gasteiger charge is -2.08. The lowest BCUT2D eigenvalue weighted by molar-refractivity contribution is 0.0918. The molecule has 0 radical (unpaired) electrons. The van der Waals surface area contributed by atoms with E-state index in [9.17, 15) is 4.79 Å². The Morgan fingerprint density at radius 1 is 1.14 bits per heavy atom. The summed E-state index contributed by atoms with van der Waals surface area (Å²) < 4.78 is 16.5. The van der Waals surface area contributed by atoms with Crippen LogP contribution in [0.3, 0.4) is 0 Å². The number of rotatable bonds is 7. The molecule has 1 aromatic carbocycles. The van der Waals surface area contributed by atoms with E-state index in [2.05, 4.69) is 21.2 Å². The number of nitrogens with one attached hydrogen (secondary N) is 1. The van der Waals surface area contributed by atoms with E-state index in [1.165, 1.54) is 0 Å². The molecular formula is C15H16BrNO4. The SMILES string of the molecule is CCOc1ccc(OCCNC(=O)c2ccc(Br)o2)cc1. The molecule has 1 heterocycles. The number of hydrogen-bond acceptors (Lipinski definition) is 4. The van der Waals surface area contributed by atoms with Crippen molar-refractivity contribution in [2.75, 3.05) is 19.8 Å². The average molecular weight is 354 g/mol. The summed E-state index contributed by atoms with van der Waals surface area (Å²) in [6, 6.07) is 10.6. The summed E-state index contributed by atoms with van der Waals surface area (Å²) in [5, 5.41) is 2.71. The maximum atomic E-state index is 11.7. The van der Waals surface area contributed by atoms with Crippen LogP contribution < -0.4 is 14.8 Å². The van der Waals surface area contributed by atoms with Crippen molar-refractivity contribution >= 4 is 21.8 Å². The van der Waals surface area contributed by atoms with Crippen molar-refractivity contribution in [2.45, 2.75) is 6.92 Å². The highest BCUT2D eigenvalue weighted by Crippen LogP contribution is 2.17. The number of furan rings is 1. The topological polar surface area (TPSA) is 60.7 Å². The summed E-state index contributed by atoms with van der Waals surface area (Å²) in [5.74, 6) is 1.54. The largest absolute Gasteiger partial charge is 0.494 e. The van der Waals surface area contributed by atoms with Gasteiger partial charge in [-0.1, -0.05) is 0 Å². The van der Waals surface area contributed by atoms with Crippen molar-refractivity contribution in [3.8, 4) is 11.5 Å². The molecular weight excluding hydrogens is 338 g/mol. The second-order valence-corrected chi connectivity index (χ2v) is 4.89. The summed E-state index contributed by atoms with van der Waals surface area (Å²) in [6.45, 7) is 3.34. The van der Waals surface area contributed by atoms with Crippen molar-refractivity contribution in [3.05, 3.63) is 46.8 Å². The lowest BCUT2D eigenvalue weighted by Crippen LogP contribution is -2.27. The van der Waals surface area contributed by atoms with Gasteiger partial charge in [-0.15, -0.1) is 0 Å². The smallest absolute Gasteiger partial charge is 0.287 e. The van der Waals surface area contributed by atoms with Gasteiger partial charge in [0.2, 0.25) is 0 Å². The minimum absolute atomic E-state index is 0.267. The fourth-order valence-corrected chi connectivity index (χ4v) is 1.96. The van der Waals surface area contributed by atoms with Crippen LogP contribution in [0.2, 0.25) is 0 Å². The third kappa shape index (κ3) is 4.82. The standard InChI is InChI=1S/C15H16BrNO4/c1-2-19-11-3-5-12(6-4-11)20-10-9-17-15(18)13-7-8-14(16)21-13/h3-8H,2,9-10H2,1H3,(H,17,18). The Bertz CT molecular complexity index is 580. The third-order valence-corrected chi connectivity index (χ3v) is 3.01. The number of benzene rings is 1. The molecule has 1 amide bonds. The van der Waals surface area contributed by atoms with Gasteiger partial charge >= 0.3 is 0 Å². The molecule has 0 spiro atoms. The molecule has 112 valence electrons. The number of hydrogen-bond donors (Lipinski definition) is 1. The third-order valence-electron chi connectivity index (χ3n) is 2.59. The number of carbonyl (C=O) groups excluding carboxylic acids is 1. The van der Waals surface area contributed by atoms with Gasteiger partial charge in [-0.25, -0.2) is 0 Å². The normalized spacial score (nSPS) is 10.2. The Kier molecular flexibility index (Phi) is 5.68. The molecule has 0 unspecified atom stereocenters. The molecule has 0 atom stereocenters. The summed E-state index contributed by atoms with van der Waals surface area (Å²) in [5.41, 5.74) is 0. The quantitative estimate of drug-likeness (QED) is 0.776. The van der Waals surface area contributed by atoms with E-state index in [-0.39, 0.29) is 11.7 Å². The Morgan fingerprint density at radius 2 is 1.81 bits per heavy atom. The molecule has 0 bridgehead atoms. The van der Waals surface area contributed by atoms with Crippen LogP contribution >= 0.6 is 15.9 Å². The van der Waals surface area contributed by atoms with Gasteiger partial charge in [0.25, 0.3) is 5.91 Å². The molecule has 0 aliphatic heterocycles. The second-order valence-electron chi connectivity index (χ2n) is 4.11. The number of carbonyl (C=O) groups is 1. The zero-order valence-corrected chi connectivity index (χ0v) is 13.2. The summed E-state index contributed by atoms with van der Waals surface area (Å²) in [4.78, 5) is 11.7.